The van der Waals surface area contributed by atoms with Crippen LogP contribution in [-0.2, 0) is 0 Å². The summed E-state index contributed by atoms with van der Waals surface area (Å²) in [5.41, 5.74) is 1.31. The molecule has 0 nitrogen and oxygen atoms in total. The van der Waals surface area contributed by atoms with Gasteiger partial charge in [-0.1, -0.05) is 68.0 Å². The van der Waals surface area contributed by atoms with Crippen molar-refractivity contribution in [2.75, 3.05) is 0 Å². The van der Waals surface area contributed by atoms with Crippen molar-refractivity contribution in [1.82, 2.24) is 0 Å². The van der Waals surface area contributed by atoms with Crippen LogP contribution < -0.4 is 0 Å². The number of hydrogen-bond donors (Lipinski definition) is 0. The van der Waals surface area contributed by atoms with E-state index < -0.39 is 0 Å². The highest BCUT2D eigenvalue weighted by Crippen LogP contribution is 2.19. The summed E-state index contributed by atoms with van der Waals surface area (Å²) in [6.45, 7) is 3.85. The average Bonchev–Trinajstić information content (AvgIpc) is 2.35. The Morgan fingerprint density at radius 2 is 1.81 bits per heavy atom. The van der Waals surface area contributed by atoms with Gasteiger partial charge in [0.15, 0.2) is 0 Å². The van der Waals surface area contributed by atoms with Crippen molar-refractivity contribution in [2.24, 2.45) is 0 Å². The number of benzene rings is 2. The van der Waals surface area contributed by atoms with Gasteiger partial charge < -0.3 is 0 Å². The summed E-state index contributed by atoms with van der Waals surface area (Å²) in [4.78, 5) is 0. The molecule has 0 spiro atoms. The van der Waals surface area contributed by atoms with Gasteiger partial charge in [0.1, 0.15) is 0 Å². The van der Waals surface area contributed by atoms with Gasteiger partial charge in [-0.15, -0.1) is 0 Å². The zero-order valence-electron chi connectivity index (χ0n) is 9.52. The van der Waals surface area contributed by atoms with E-state index in [1.54, 1.807) is 0 Å². The van der Waals surface area contributed by atoms with Crippen molar-refractivity contribution in [1.29, 1.82) is 0 Å². The largest absolute Gasteiger partial charge is 0.0839 e. The molecule has 16 heavy (non-hydrogen) atoms. The molecule has 0 amide bonds. The standard InChI is InChI=1S/C16H17/c1-2-3-4-5-9-14-11-8-12-15-10-6-7-13-16(14)15/h5-13H,1-4H2/b9-5+. The minimum absolute atomic E-state index is 1.01. The molecular weight excluding hydrogens is 192 g/mol. The highest BCUT2D eigenvalue weighted by atomic mass is 14.0. The first-order valence-electron chi connectivity index (χ1n) is 5.85. The molecule has 0 aliphatic heterocycles. The quantitative estimate of drug-likeness (QED) is 0.631. The van der Waals surface area contributed by atoms with E-state index in [0.717, 1.165) is 12.8 Å². The van der Waals surface area contributed by atoms with E-state index in [-0.39, 0.29) is 0 Å². The minimum Gasteiger partial charge on any atom is -0.0839 e. The van der Waals surface area contributed by atoms with E-state index in [2.05, 4.69) is 61.5 Å². The zero-order chi connectivity index (χ0) is 11.2. The lowest BCUT2D eigenvalue weighted by Crippen LogP contribution is -1.77. The van der Waals surface area contributed by atoms with Crippen LogP contribution in [0.2, 0.25) is 0 Å². The van der Waals surface area contributed by atoms with Crippen molar-refractivity contribution in [3.8, 4) is 0 Å². The van der Waals surface area contributed by atoms with Crippen molar-refractivity contribution in [3.05, 3.63) is 61.0 Å². The van der Waals surface area contributed by atoms with Crippen LogP contribution in [0.4, 0.5) is 0 Å². The highest BCUT2D eigenvalue weighted by molar-refractivity contribution is 5.90. The monoisotopic (exact) mass is 209 g/mol. The molecule has 0 fully saturated rings. The van der Waals surface area contributed by atoms with Gasteiger partial charge in [-0.05, 0) is 29.2 Å². The third-order valence-corrected chi connectivity index (χ3v) is 2.74. The lowest BCUT2D eigenvalue weighted by Gasteiger charge is -2.01. The molecule has 0 unspecified atom stereocenters. The van der Waals surface area contributed by atoms with E-state index in [4.69, 9.17) is 0 Å². The van der Waals surface area contributed by atoms with Crippen molar-refractivity contribution < 1.29 is 0 Å². The molecule has 0 aromatic heterocycles. The Hall–Kier alpha value is -1.56. The molecule has 0 N–H and O–H groups in total. The zero-order valence-corrected chi connectivity index (χ0v) is 9.52. The molecule has 2 aromatic carbocycles. The average molecular weight is 209 g/mol. The molecule has 1 radical (unpaired) electrons. The first kappa shape index (κ1) is 10.9. The smallest absolute Gasteiger partial charge is 0.0112 e. The van der Waals surface area contributed by atoms with Crippen LogP contribution in [0, 0.1) is 6.92 Å². The summed E-state index contributed by atoms with van der Waals surface area (Å²) in [7, 11) is 0. The van der Waals surface area contributed by atoms with Gasteiger partial charge in [-0.3, -0.25) is 0 Å². The van der Waals surface area contributed by atoms with E-state index in [1.165, 1.54) is 22.8 Å². The fourth-order valence-electron chi connectivity index (χ4n) is 1.87. The number of hydrogen-bond acceptors (Lipinski definition) is 0. The molecule has 2 aromatic rings. The van der Waals surface area contributed by atoms with Gasteiger partial charge in [0, 0.05) is 0 Å². The second-order valence-corrected chi connectivity index (χ2v) is 3.97. The molecule has 2 rings (SSSR count). The van der Waals surface area contributed by atoms with Crippen LogP contribution in [0.5, 0.6) is 0 Å². The maximum absolute atomic E-state index is 3.85. The van der Waals surface area contributed by atoms with Gasteiger partial charge in [-0.25, -0.2) is 0 Å². The summed E-state index contributed by atoms with van der Waals surface area (Å²) in [6, 6.07) is 14.9. The number of allylic oxidation sites excluding steroid dienone is 1. The van der Waals surface area contributed by atoms with Crippen LogP contribution in [0.3, 0.4) is 0 Å². The predicted octanol–water partition coefficient (Wildman–Crippen LogP) is 4.86. The van der Waals surface area contributed by atoms with E-state index in [0.29, 0.717) is 0 Å². The Balaban J connectivity index is 2.27. The molecule has 0 bridgehead atoms. The second kappa shape index (κ2) is 5.50. The first-order valence-corrected chi connectivity index (χ1v) is 5.85. The van der Waals surface area contributed by atoms with Crippen LogP contribution in [0.15, 0.2) is 48.5 Å². The molecular formula is C16H17. The van der Waals surface area contributed by atoms with Gasteiger partial charge in [0.2, 0.25) is 0 Å². The van der Waals surface area contributed by atoms with E-state index in [9.17, 15) is 0 Å². The number of unbranched alkanes of at least 4 members (excludes halogenated alkanes) is 2. The fraction of sp³-hybridized carbons (Fsp3) is 0.188. The van der Waals surface area contributed by atoms with Gasteiger partial charge in [-0.2, -0.15) is 0 Å². The summed E-state index contributed by atoms with van der Waals surface area (Å²) < 4.78 is 0. The molecule has 0 heterocycles. The third-order valence-electron chi connectivity index (χ3n) is 2.74. The molecule has 0 atom stereocenters. The van der Waals surface area contributed by atoms with Crippen LogP contribution in [0.25, 0.3) is 16.8 Å². The van der Waals surface area contributed by atoms with Gasteiger partial charge >= 0.3 is 0 Å². The molecule has 0 saturated carbocycles. The topological polar surface area (TPSA) is 0 Å². The highest BCUT2D eigenvalue weighted by Gasteiger charge is 1.95. The summed E-state index contributed by atoms with van der Waals surface area (Å²) in [5.74, 6) is 0. The maximum Gasteiger partial charge on any atom is -0.0112 e. The normalized spacial score (nSPS) is 11.3. The molecule has 0 aliphatic carbocycles. The molecule has 0 saturated heterocycles. The Morgan fingerprint density at radius 1 is 1.00 bits per heavy atom. The Kier molecular flexibility index (Phi) is 3.76. The Labute approximate surface area is 97.6 Å². The predicted molar refractivity (Wildman–Crippen MR) is 72.2 cm³/mol. The van der Waals surface area contributed by atoms with Crippen molar-refractivity contribution >= 4 is 16.8 Å². The minimum atomic E-state index is 1.01. The maximum atomic E-state index is 3.85. The third kappa shape index (κ3) is 2.52. The van der Waals surface area contributed by atoms with Crippen LogP contribution in [-0.4, -0.2) is 0 Å². The Morgan fingerprint density at radius 3 is 2.69 bits per heavy atom. The molecule has 0 aliphatic rings. The number of rotatable bonds is 4. The van der Waals surface area contributed by atoms with Crippen molar-refractivity contribution in [2.45, 2.75) is 19.3 Å². The lowest BCUT2D eigenvalue weighted by molar-refractivity contribution is 0.868. The second-order valence-electron chi connectivity index (χ2n) is 3.97. The molecule has 0 heteroatoms. The lowest BCUT2D eigenvalue weighted by atomic mass is 10.0. The first-order chi connectivity index (χ1) is 7.92. The van der Waals surface area contributed by atoms with E-state index in [1.807, 2.05) is 0 Å². The fourth-order valence-corrected chi connectivity index (χ4v) is 1.87. The summed E-state index contributed by atoms with van der Waals surface area (Å²) >= 11 is 0. The van der Waals surface area contributed by atoms with Gasteiger partial charge in [0.05, 0.1) is 0 Å². The summed E-state index contributed by atoms with van der Waals surface area (Å²) in [6.07, 6.45) is 7.76. The number of fused-ring (bicyclic) bond motifs is 1. The van der Waals surface area contributed by atoms with E-state index >= 15 is 0 Å². The van der Waals surface area contributed by atoms with Crippen LogP contribution in [0.1, 0.15) is 24.8 Å². The SMILES string of the molecule is [CH2]CCC/C=C/c1cccc2ccccc12. The summed E-state index contributed by atoms with van der Waals surface area (Å²) in [5, 5.41) is 2.64. The molecule has 81 valence electrons. The van der Waals surface area contributed by atoms with Gasteiger partial charge in [0.25, 0.3) is 0 Å². The Bertz CT molecular complexity index is 475. The van der Waals surface area contributed by atoms with Crippen molar-refractivity contribution in [3.63, 3.8) is 0 Å². The van der Waals surface area contributed by atoms with Crippen LogP contribution >= 0.6 is 0 Å².